The van der Waals surface area contributed by atoms with Gasteiger partial charge < -0.3 is 4.90 Å². The molecule has 3 heterocycles. The fourth-order valence-electron chi connectivity index (χ4n) is 4.16. The van der Waals surface area contributed by atoms with Gasteiger partial charge in [-0.05, 0) is 48.3 Å². The van der Waals surface area contributed by atoms with Crippen LogP contribution in [-0.4, -0.2) is 57.6 Å². The first kappa shape index (κ1) is 20.4. The minimum atomic E-state index is 0.00684. The summed E-state index contributed by atoms with van der Waals surface area (Å²) in [5.74, 6) is 1.46. The van der Waals surface area contributed by atoms with Crippen LogP contribution < -0.4 is 5.56 Å². The SMILES string of the molecule is CCC[C@@H](c1nc2ncc(Br)cc2c(=O)n1CC)N1CCN(C)CC(C)C1. The van der Waals surface area contributed by atoms with Crippen LogP contribution in [0.15, 0.2) is 21.5 Å². The lowest BCUT2D eigenvalue weighted by Gasteiger charge is -2.32. The Morgan fingerprint density at radius 1 is 1.30 bits per heavy atom. The van der Waals surface area contributed by atoms with Crippen molar-refractivity contribution in [2.75, 3.05) is 33.2 Å². The van der Waals surface area contributed by atoms with Gasteiger partial charge in [0.1, 0.15) is 5.82 Å². The van der Waals surface area contributed by atoms with E-state index in [1.165, 1.54) is 0 Å². The molecule has 1 unspecified atom stereocenters. The molecule has 1 saturated heterocycles. The standard InChI is InChI=1S/C20H30BrN5O/c1-5-7-17(25-9-8-24(4)12-14(3)13-25)19-23-18-16(10-15(21)11-22-18)20(27)26(19)6-2/h10-11,14,17H,5-9,12-13H2,1-4H3/t14?,17-/m0/s1. The van der Waals surface area contributed by atoms with Gasteiger partial charge in [0.15, 0.2) is 5.65 Å². The van der Waals surface area contributed by atoms with Crippen LogP contribution in [0.4, 0.5) is 0 Å². The molecule has 0 amide bonds. The summed E-state index contributed by atoms with van der Waals surface area (Å²) in [6.07, 6.45) is 3.76. The second-order valence-electron chi connectivity index (χ2n) is 7.71. The summed E-state index contributed by atoms with van der Waals surface area (Å²) in [5.41, 5.74) is 0.552. The van der Waals surface area contributed by atoms with E-state index in [1.807, 2.05) is 17.6 Å². The highest BCUT2D eigenvalue weighted by Gasteiger charge is 2.28. The highest BCUT2D eigenvalue weighted by Crippen LogP contribution is 2.27. The van der Waals surface area contributed by atoms with E-state index in [9.17, 15) is 4.79 Å². The molecule has 6 nitrogen and oxygen atoms in total. The monoisotopic (exact) mass is 435 g/mol. The number of rotatable bonds is 5. The number of fused-ring (bicyclic) bond motifs is 1. The van der Waals surface area contributed by atoms with E-state index in [4.69, 9.17) is 4.98 Å². The Balaban J connectivity index is 2.10. The van der Waals surface area contributed by atoms with Crippen molar-refractivity contribution >= 4 is 27.0 Å². The maximum Gasteiger partial charge on any atom is 0.263 e. The van der Waals surface area contributed by atoms with Crippen molar-refractivity contribution in [3.8, 4) is 0 Å². The van der Waals surface area contributed by atoms with Crippen molar-refractivity contribution in [1.82, 2.24) is 24.3 Å². The first-order valence-corrected chi connectivity index (χ1v) is 10.7. The van der Waals surface area contributed by atoms with Gasteiger partial charge in [-0.3, -0.25) is 14.3 Å². The Bertz CT molecular complexity index is 852. The van der Waals surface area contributed by atoms with Crippen molar-refractivity contribution in [3.63, 3.8) is 0 Å². The lowest BCUT2D eigenvalue weighted by Crippen LogP contribution is -2.38. The van der Waals surface area contributed by atoms with Gasteiger partial charge in [-0.1, -0.05) is 20.3 Å². The number of halogens is 1. The van der Waals surface area contributed by atoms with Gasteiger partial charge in [-0.25, -0.2) is 9.97 Å². The molecule has 1 fully saturated rings. The van der Waals surface area contributed by atoms with Crippen LogP contribution in [0.25, 0.3) is 11.0 Å². The fraction of sp³-hybridized carbons (Fsp3) is 0.650. The largest absolute Gasteiger partial charge is 0.305 e. The van der Waals surface area contributed by atoms with Crippen LogP contribution >= 0.6 is 15.9 Å². The Morgan fingerprint density at radius 3 is 2.78 bits per heavy atom. The van der Waals surface area contributed by atoms with Crippen LogP contribution in [0, 0.1) is 5.92 Å². The molecule has 2 aromatic rings. The molecule has 7 heteroatoms. The van der Waals surface area contributed by atoms with Gasteiger partial charge in [0.2, 0.25) is 0 Å². The van der Waals surface area contributed by atoms with Crippen LogP contribution in [0.1, 0.15) is 45.5 Å². The average Bonchev–Trinajstić information content (AvgIpc) is 2.80. The quantitative estimate of drug-likeness (QED) is 0.720. The smallest absolute Gasteiger partial charge is 0.263 e. The van der Waals surface area contributed by atoms with Crippen LogP contribution in [-0.2, 0) is 6.54 Å². The lowest BCUT2D eigenvalue weighted by atomic mass is 10.1. The Morgan fingerprint density at radius 2 is 2.07 bits per heavy atom. The highest BCUT2D eigenvalue weighted by atomic mass is 79.9. The molecule has 0 aromatic carbocycles. The first-order chi connectivity index (χ1) is 12.9. The van der Waals surface area contributed by atoms with E-state index in [0.29, 0.717) is 23.5 Å². The van der Waals surface area contributed by atoms with Gasteiger partial charge in [0, 0.05) is 43.4 Å². The van der Waals surface area contributed by atoms with Gasteiger partial charge in [-0.15, -0.1) is 0 Å². The third-order valence-corrected chi connectivity index (χ3v) is 5.80. The van der Waals surface area contributed by atoms with Crippen molar-refractivity contribution in [1.29, 1.82) is 0 Å². The highest BCUT2D eigenvalue weighted by molar-refractivity contribution is 9.10. The number of pyridine rings is 1. The molecule has 0 aliphatic carbocycles. The zero-order valence-electron chi connectivity index (χ0n) is 16.8. The average molecular weight is 436 g/mol. The summed E-state index contributed by atoms with van der Waals surface area (Å²) < 4.78 is 2.65. The Labute approximate surface area is 169 Å². The van der Waals surface area contributed by atoms with E-state index < -0.39 is 0 Å². The van der Waals surface area contributed by atoms with E-state index in [0.717, 1.165) is 49.3 Å². The van der Waals surface area contributed by atoms with E-state index in [1.54, 1.807) is 6.20 Å². The van der Waals surface area contributed by atoms with Gasteiger partial charge in [0.05, 0.1) is 11.4 Å². The molecule has 0 saturated carbocycles. The van der Waals surface area contributed by atoms with Crippen molar-refractivity contribution < 1.29 is 0 Å². The molecule has 148 valence electrons. The summed E-state index contributed by atoms with van der Waals surface area (Å²) in [4.78, 5) is 27.4. The topological polar surface area (TPSA) is 54.3 Å². The molecule has 1 aliphatic rings. The third-order valence-electron chi connectivity index (χ3n) is 5.36. The maximum absolute atomic E-state index is 13.1. The number of aromatic nitrogens is 3. The third kappa shape index (κ3) is 4.41. The molecule has 2 aromatic heterocycles. The van der Waals surface area contributed by atoms with Crippen LogP contribution in [0.2, 0.25) is 0 Å². The number of likely N-dealkylation sites (N-methyl/N-ethyl adjacent to an activating group) is 1. The zero-order chi connectivity index (χ0) is 19.6. The van der Waals surface area contributed by atoms with E-state index in [-0.39, 0.29) is 11.6 Å². The number of nitrogens with zero attached hydrogens (tertiary/aromatic N) is 5. The Kier molecular flexibility index (Phi) is 6.65. The predicted molar refractivity (Wildman–Crippen MR) is 113 cm³/mol. The van der Waals surface area contributed by atoms with Crippen LogP contribution in [0.3, 0.4) is 0 Å². The zero-order valence-corrected chi connectivity index (χ0v) is 18.4. The molecule has 0 radical (unpaired) electrons. The second-order valence-corrected chi connectivity index (χ2v) is 8.63. The molecule has 0 spiro atoms. The van der Waals surface area contributed by atoms with Crippen LogP contribution in [0.5, 0.6) is 0 Å². The summed E-state index contributed by atoms with van der Waals surface area (Å²) in [7, 11) is 2.19. The molecule has 2 atom stereocenters. The van der Waals surface area contributed by atoms with Crippen molar-refractivity contribution in [3.05, 3.63) is 32.9 Å². The fourth-order valence-corrected chi connectivity index (χ4v) is 4.49. The second kappa shape index (κ2) is 8.80. The minimum Gasteiger partial charge on any atom is -0.305 e. The molecule has 0 N–H and O–H groups in total. The molecule has 3 rings (SSSR count). The lowest BCUT2D eigenvalue weighted by molar-refractivity contribution is 0.167. The van der Waals surface area contributed by atoms with Gasteiger partial charge >= 0.3 is 0 Å². The summed E-state index contributed by atoms with van der Waals surface area (Å²) in [6.45, 7) is 11.3. The molecular weight excluding hydrogens is 406 g/mol. The van der Waals surface area contributed by atoms with Crippen molar-refractivity contribution in [2.24, 2.45) is 5.92 Å². The Hall–Kier alpha value is -1.31. The molecular formula is C20H30BrN5O. The number of hydrogen-bond donors (Lipinski definition) is 0. The predicted octanol–water partition coefficient (Wildman–Crippen LogP) is 3.30. The van der Waals surface area contributed by atoms with Gasteiger partial charge in [0.25, 0.3) is 5.56 Å². The first-order valence-electron chi connectivity index (χ1n) is 9.93. The minimum absolute atomic E-state index is 0.00684. The number of hydrogen-bond acceptors (Lipinski definition) is 5. The maximum atomic E-state index is 13.1. The molecule has 27 heavy (non-hydrogen) atoms. The van der Waals surface area contributed by atoms with Gasteiger partial charge in [-0.2, -0.15) is 0 Å². The molecule has 0 bridgehead atoms. The van der Waals surface area contributed by atoms with E-state index in [2.05, 4.69) is 51.6 Å². The van der Waals surface area contributed by atoms with E-state index >= 15 is 0 Å². The summed E-state index contributed by atoms with van der Waals surface area (Å²) >= 11 is 3.42. The molecule has 1 aliphatic heterocycles. The summed E-state index contributed by atoms with van der Waals surface area (Å²) in [5, 5.41) is 0.578. The normalized spacial score (nSPS) is 20.7. The van der Waals surface area contributed by atoms with Crippen molar-refractivity contribution in [2.45, 2.75) is 46.2 Å². The summed E-state index contributed by atoms with van der Waals surface area (Å²) in [6, 6.07) is 1.97.